The van der Waals surface area contributed by atoms with E-state index in [-0.39, 0.29) is 11.1 Å². The molecule has 0 fully saturated rings. The molecule has 2 rings (SSSR count). The highest BCUT2D eigenvalue weighted by Crippen LogP contribution is 2.24. The van der Waals surface area contributed by atoms with Crippen LogP contribution in [0.5, 0.6) is 0 Å². The van der Waals surface area contributed by atoms with Crippen molar-refractivity contribution in [1.82, 2.24) is 14.1 Å². The Balaban J connectivity index is 2.18. The van der Waals surface area contributed by atoms with Crippen LogP contribution in [0.4, 0.5) is 0 Å². The van der Waals surface area contributed by atoms with Crippen molar-refractivity contribution in [2.24, 2.45) is 0 Å². The van der Waals surface area contributed by atoms with Gasteiger partial charge in [-0.05, 0) is 6.42 Å². The molecule has 2 heterocycles. The smallest absolute Gasteiger partial charge is 0.299 e. The van der Waals surface area contributed by atoms with Gasteiger partial charge in [-0.25, -0.2) is 9.78 Å². The third-order valence-corrected chi connectivity index (χ3v) is 3.84. The summed E-state index contributed by atoms with van der Waals surface area (Å²) in [5.74, 6) is 0. The second-order valence-corrected chi connectivity index (χ2v) is 6.72. The zero-order valence-electron chi connectivity index (χ0n) is 12.0. The van der Waals surface area contributed by atoms with E-state index in [1.54, 1.807) is 20.5 Å². The normalized spacial score (nSPS) is 12.0. The van der Waals surface area contributed by atoms with Gasteiger partial charge in [-0.3, -0.25) is 9.13 Å². The number of thiazole rings is 1. The molecule has 0 amide bonds. The molecule has 0 aliphatic rings. The molecule has 0 unspecified atom stereocenters. The lowest BCUT2D eigenvalue weighted by Crippen LogP contribution is -2.24. The van der Waals surface area contributed by atoms with Gasteiger partial charge in [-0.15, -0.1) is 11.3 Å². The van der Waals surface area contributed by atoms with E-state index in [1.165, 1.54) is 0 Å². The Hall–Kier alpha value is -1.36. The molecule has 19 heavy (non-hydrogen) atoms. The lowest BCUT2D eigenvalue weighted by atomic mass is 9.93. The summed E-state index contributed by atoms with van der Waals surface area (Å²) in [6.07, 6.45) is 4.66. The predicted octanol–water partition coefficient (Wildman–Crippen LogP) is 2.86. The van der Waals surface area contributed by atoms with Gasteiger partial charge in [-0.1, -0.05) is 27.7 Å². The van der Waals surface area contributed by atoms with Gasteiger partial charge in [0.05, 0.1) is 12.2 Å². The standard InChI is InChI=1S/C14H21N3OS/c1-5-6-16-7-8-17(13(16)18)9-12-15-11(10-19-12)14(2,3)4/h7-8,10H,5-6,9H2,1-4H3. The molecule has 0 N–H and O–H groups in total. The van der Waals surface area contributed by atoms with Gasteiger partial charge in [0, 0.05) is 29.7 Å². The first kappa shape index (κ1) is 14.1. The molecule has 2 aromatic rings. The minimum Gasteiger partial charge on any atom is -0.299 e. The molecule has 0 atom stereocenters. The zero-order valence-corrected chi connectivity index (χ0v) is 12.8. The number of nitrogens with zero attached hydrogens (tertiary/aromatic N) is 3. The Labute approximate surface area is 117 Å². The summed E-state index contributed by atoms with van der Waals surface area (Å²) in [4.78, 5) is 16.7. The highest BCUT2D eigenvalue weighted by molar-refractivity contribution is 7.09. The van der Waals surface area contributed by atoms with Crippen LogP contribution in [0, 0.1) is 0 Å². The summed E-state index contributed by atoms with van der Waals surface area (Å²) in [7, 11) is 0. The van der Waals surface area contributed by atoms with Gasteiger partial charge in [0.15, 0.2) is 0 Å². The van der Waals surface area contributed by atoms with Gasteiger partial charge >= 0.3 is 5.69 Å². The fraction of sp³-hybridized carbons (Fsp3) is 0.571. The minimum atomic E-state index is 0.0503. The molecule has 0 bridgehead atoms. The van der Waals surface area contributed by atoms with Crippen molar-refractivity contribution < 1.29 is 0 Å². The fourth-order valence-electron chi connectivity index (χ4n) is 1.86. The lowest BCUT2D eigenvalue weighted by Gasteiger charge is -2.14. The van der Waals surface area contributed by atoms with Crippen molar-refractivity contribution in [3.05, 3.63) is 39.0 Å². The van der Waals surface area contributed by atoms with Crippen molar-refractivity contribution in [1.29, 1.82) is 0 Å². The number of hydrogen-bond acceptors (Lipinski definition) is 3. The molecule has 0 saturated heterocycles. The molecular formula is C14H21N3OS. The number of aryl methyl sites for hydroxylation is 1. The van der Waals surface area contributed by atoms with Crippen LogP contribution in [0.1, 0.15) is 44.8 Å². The van der Waals surface area contributed by atoms with Crippen LogP contribution in [0.25, 0.3) is 0 Å². The van der Waals surface area contributed by atoms with Gasteiger partial charge in [0.2, 0.25) is 0 Å². The molecule has 4 nitrogen and oxygen atoms in total. The van der Waals surface area contributed by atoms with Crippen LogP contribution >= 0.6 is 11.3 Å². The second kappa shape index (κ2) is 5.33. The molecule has 0 spiro atoms. The molecule has 2 aromatic heterocycles. The van der Waals surface area contributed by atoms with Gasteiger partial charge in [0.25, 0.3) is 0 Å². The van der Waals surface area contributed by atoms with E-state index in [1.807, 2.05) is 12.4 Å². The summed E-state index contributed by atoms with van der Waals surface area (Å²) in [5.41, 5.74) is 1.20. The van der Waals surface area contributed by atoms with Gasteiger partial charge in [-0.2, -0.15) is 0 Å². The predicted molar refractivity (Wildman–Crippen MR) is 78.9 cm³/mol. The van der Waals surface area contributed by atoms with Crippen molar-refractivity contribution in [2.45, 2.75) is 52.6 Å². The molecule has 0 aliphatic carbocycles. The van der Waals surface area contributed by atoms with Crippen molar-refractivity contribution >= 4 is 11.3 Å². The number of imidazole rings is 1. The van der Waals surface area contributed by atoms with Gasteiger partial charge < -0.3 is 0 Å². The maximum Gasteiger partial charge on any atom is 0.328 e. The third kappa shape index (κ3) is 3.15. The van der Waals surface area contributed by atoms with Crippen LogP contribution in [0.3, 0.4) is 0 Å². The van der Waals surface area contributed by atoms with Crippen LogP contribution in [-0.2, 0) is 18.5 Å². The molecule has 0 aromatic carbocycles. The van der Waals surface area contributed by atoms with E-state index >= 15 is 0 Å². The van der Waals surface area contributed by atoms with Crippen LogP contribution in [0.2, 0.25) is 0 Å². The van der Waals surface area contributed by atoms with Crippen LogP contribution < -0.4 is 5.69 Å². The SMILES string of the molecule is CCCn1ccn(Cc2nc(C(C)(C)C)cs2)c1=O. The van der Waals surface area contributed by atoms with E-state index in [4.69, 9.17) is 0 Å². The van der Waals surface area contributed by atoms with E-state index in [2.05, 4.69) is 38.1 Å². The van der Waals surface area contributed by atoms with E-state index in [0.717, 1.165) is 23.7 Å². The maximum atomic E-state index is 12.1. The summed E-state index contributed by atoms with van der Waals surface area (Å²) in [6.45, 7) is 9.86. The Kier molecular flexibility index (Phi) is 3.94. The van der Waals surface area contributed by atoms with Crippen molar-refractivity contribution in [3.63, 3.8) is 0 Å². The average molecular weight is 279 g/mol. The molecule has 104 valence electrons. The van der Waals surface area contributed by atoms with E-state index in [9.17, 15) is 4.79 Å². The topological polar surface area (TPSA) is 39.8 Å². The first-order valence-electron chi connectivity index (χ1n) is 6.62. The number of rotatable bonds is 4. The Morgan fingerprint density at radius 3 is 2.53 bits per heavy atom. The molecule has 0 saturated carbocycles. The third-order valence-electron chi connectivity index (χ3n) is 3.01. The molecule has 5 heteroatoms. The second-order valence-electron chi connectivity index (χ2n) is 5.78. The minimum absolute atomic E-state index is 0.0503. The van der Waals surface area contributed by atoms with E-state index < -0.39 is 0 Å². The fourth-order valence-corrected chi connectivity index (χ4v) is 2.88. The van der Waals surface area contributed by atoms with Crippen molar-refractivity contribution in [2.75, 3.05) is 0 Å². The van der Waals surface area contributed by atoms with Crippen LogP contribution in [-0.4, -0.2) is 14.1 Å². The summed E-state index contributed by atoms with van der Waals surface area (Å²) in [6, 6.07) is 0. The number of aromatic nitrogens is 3. The average Bonchev–Trinajstić information content (AvgIpc) is 2.91. The molecule has 0 aliphatic heterocycles. The van der Waals surface area contributed by atoms with E-state index in [0.29, 0.717) is 6.54 Å². The zero-order chi connectivity index (χ0) is 14.0. The van der Waals surface area contributed by atoms with Gasteiger partial charge in [0.1, 0.15) is 5.01 Å². The van der Waals surface area contributed by atoms with Crippen LogP contribution in [0.15, 0.2) is 22.6 Å². The Morgan fingerprint density at radius 2 is 1.95 bits per heavy atom. The highest BCUT2D eigenvalue weighted by Gasteiger charge is 2.17. The molecular weight excluding hydrogens is 258 g/mol. The highest BCUT2D eigenvalue weighted by atomic mass is 32.1. The largest absolute Gasteiger partial charge is 0.328 e. The van der Waals surface area contributed by atoms with Crippen molar-refractivity contribution in [3.8, 4) is 0 Å². The first-order valence-corrected chi connectivity index (χ1v) is 7.50. The maximum absolute atomic E-state index is 12.1. The first-order chi connectivity index (χ1) is 8.91. The molecule has 0 radical (unpaired) electrons. The summed E-state index contributed by atoms with van der Waals surface area (Å²) in [5, 5.41) is 3.07. The quantitative estimate of drug-likeness (QED) is 0.863. The summed E-state index contributed by atoms with van der Waals surface area (Å²) >= 11 is 1.62. The summed E-state index contributed by atoms with van der Waals surface area (Å²) < 4.78 is 3.47. The Morgan fingerprint density at radius 1 is 1.26 bits per heavy atom. The monoisotopic (exact) mass is 279 g/mol. The lowest BCUT2D eigenvalue weighted by molar-refractivity contribution is 0.568. The Bertz CT molecular complexity index is 601. The number of hydrogen-bond donors (Lipinski definition) is 0.